The van der Waals surface area contributed by atoms with Gasteiger partial charge in [-0.15, -0.1) is 11.3 Å². The van der Waals surface area contributed by atoms with Gasteiger partial charge in [0, 0.05) is 4.88 Å². The minimum Gasteiger partial charge on any atom is -0.333 e. The highest BCUT2D eigenvalue weighted by atomic mass is 32.1. The van der Waals surface area contributed by atoms with Crippen LogP contribution in [0.2, 0.25) is 0 Å². The molecule has 86 valence electrons. The average Bonchev–Trinajstić information content (AvgIpc) is 2.73. The van der Waals surface area contributed by atoms with Crippen LogP contribution in [0.3, 0.4) is 0 Å². The van der Waals surface area contributed by atoms with Gasteiger partial charge >= 0.3 is 0 Å². The summed E-state index contributed by atoms with van der Waals surface area (Å²) in [5.74, 6) is -0.150. The predicted octanol–water partition coefficient (Wildman–Crippen LogP) is 2.87. The zero-order valence-electron chi connectivity index (χ0n) is 9.83. The number of hydrogen-bond acceptors (Lipinski definition) is 3. The first kappa shape index (κ1) is 12.7. The largest absolute Gasteiger partial charge is 0.333 e. The van der Waals surface area contributed by atoms with E-state index in [1.807, 2.05) is 26.8 Å². The fraction of sp³-hybridized carbons (Fsp3) is 0.500. The van der Waals surface area contributed by atoms with Crippen molar-refractivity contribution >= 4 is 17.2 Å². The summed E-state index contributed by atoms with van der Waals surface area (Å²) in [6, 6.07) is 5.90. The number of carbonyl (C=O) groups is 1. The second-order valence-electron chi connectivity index (χ2n) is 3.77. The maximum absolute atomic E-state index is 11.9. The van der Waals surface area contributed by atoms with Crippen molar-refractivity contribution < 1.29 is 4.79 Å². The van der Waals surface area contributed by atoms with Crippen molar-refractivity contribution in [1.82, 2.24) is 5.32 Å². The number of thiophene rings is 1. The number of amides is 1. The predicted molar refractivity (Wildman–Crippen MR) is 65.4 cm³/mol. The number of nitriles is 1. The first-order valence-electron chi connectivity index (χ1n) is 5.37. The Balaban J connectivity index is 2.81. The van der Waals surface area contributed by atoms with E-state index in [-0.39, 0.29) is 5.91 Å². The van der Waals surface area contributed by atoms with E-state index >= 15 is 0 Å². The van der Waals surface area contributed by atoms with Gasteiger partial charge in [0.15, 0.2) is 0 Å². The van der Waals surface area contributed by atoms with E-state index in [1.165, 1.54) is 11.3 Å². The van der Waals surface area contributed by atoms with Gasteiger partial charge in [-0.05, 0) is 31.9 Å². The van der Waals surface area contributed by atoms with E-state index in [2.05, 4.69) is 11.4 Å². The number of carbonyl (C=O) groups excluding carboxylic acids is 1. The molecule has 0 radical (unpaired) electrons. The van der Waals surface area contributed by atoms with Gasteiger partial charge in [-0.25, -0.2) is 0 Å². The van der Waals surface area contributed by atoms with Crippen LogP contribution in [0.15, 0.2) is 12.1 Å². The molecule has 4 heteroatoms. The van der Waals surface area contributed by atoms with Crippen LogP contribution in [0.5, 0.6) is 0 Å². The third kappa shape index (κ3) is 2.61. The molecule has 0 aliphatic rings. The lowest BCUT2D eigenvalue weighted by Crippen LogP contribution is -2.46. The van der Waals surface area contributed by atoms with E-state index in [0.29, 0.717) is 17.7 Å². The molecule has 0 aliphatic heterocycles. The van der Waals surface area contributed by atoms with Crippen LogP contribution in [0.25, 0.3) is 0 Å². The van der Waals surface area contributed by atoms with Crippen LogP contribution in [0.4, 0.5) is 0 Å². The molecule has 1 rings (SSSR count). The summed E-state index contributed by atoms with van der Waals surface area (Å²) in [6.07, 6.45) is 1.24. The van der Waals surface area contributed by atoms with Gasteiger partial charge in [0.2, 0.25) is 0 Å². The molecule has 0 saturated heterocycles. The van der Waals surface area contributed by atoms with Crippen molar-refractivity contribution in [3.8, 4) is 6.07 Å². The first-order valence-corrected chi connectivity index (χ1v) is 6.18. The molecule has 3 nitrogen and oxygen atoms in total. The van der Waals surface area contributed by atoms with E-state index in [4.69, 9.17) is 5.26 Å². The lowest BCUT2D eigenvalue weighted by molar-refractivity contribution is 0.0919. The summed E-state index contributed by atoms with van der Waals surface area (Å²) in [5, 5.41) is 11.9. The normalized spacial score (nSPS) is 10.9. The number of nitrogens with zero attached hydrogens (tertiary/aromatic N) is 1. The Morgan fingerprint density at radius 1 is 1.50 bits per heavy atom. The Morgan fingerprint density at radius 3 is 2.50 bits per heavy atom. The highest BCUT2D eigenvalue weighted by molar-refractivity contribution is 7.13. The minimum atomic E-state index is -0.727. The monoisotopic (exact) mass is 236 g/mol. The lowest BCUT2D eigenvalue weighted by atomic mass is 9.95. The maximum atomic E-state index is 11.9. The summed E-state index contributed by atoms with van der Waals surface area (Å²) in [7, 11) is 0. The minimum absolute atomic E-state index is 0.150. The van der Waals surface area contributed by atoms with Crippen molar-refractivity contribution in [1.29, 1.82) is 5.26 Å². The van der Waals surface area contributed by atoms with E-state index in [1.54, 1.807) is 6.07 Å². The molecule has 1 heterocycles. The molecule has 0 aromatic carbocycles. The summed E-state index contributed by atoms with van der Waals surface area (Å²) in [5.41, 5.74) is -0.727. The van der Waals surface area contributed by atoms with Crippen LogP contribution in [-0.4, -0.2) is 11.4 Å². The van der Waals surface area contributed by atoms with Gasteiger partial charge in [0.1, 0.15) is 5.54 Å². The van der Waals surface area contributed by atoms with E-state index in [0.717, 1.165) is 4.88 Å². The van der Waals surface area contributed by atoms with Crippen molar-refractivity contribution in [3.63, 3.8) is 0 Å². The van der Waals surface area contributed by atoms with E-state index in [9.17, 15) is 4.79 Å². The van der Waals surface area contributed by atoms with Crippen LogP contribution >= 0.6 is 11.3 Å². The van der Waals surface area contributed by atoms with Gasteiger partial charge in [-0.1, -0.05) is 13.8 Å². The van der Waals surface area contributed by atoms with Crippen molar-refractivity contribution in [2.24, 2.45) is 0 Å². The van der Waals surface area contributed by atoms with Crippen molar-refractivity contribution in [3.05, 3.63) is 21.9 Å². The number of aryl methyl sites for hydroxylation is 1. The van der Waals surface area contributed by atoms with E-state index < -0.39 is 5.54 Å². The average molecular weight is 236 g/mol. The zero-order valence-corrected chi connectivity index (χ0v) is 10.6. The van der Waals surface area contributed by atoms with Crippen LogP contribution in [-0.2, 0) is 0 Å². The Bertz CT molecular complexity index is 413. The lowest BCUT2D eigenvalue weighted by Gasteiger charge is -2.24. The summed E-state index contributed by atoms with van der Waals surface area (Å²) >= 11 is 1.45. The third-order valence-electron chi connectivity index (χ3n) is 2.74. The van der Waals surface area contributed by atoms with Crippen LogP contribution in [0, 0.1) is 18.3 Å². The first-order chi connectivity index (χ1) is 7.56. The molecular weight excluding hydrogens is 220 g/mol. The molecule has 16 heavy (non-hydrogen) atoms. The summed E-state index contributed by atoms with van der Waals surface area (Å²) in [4.78, 5) is 13.7. The second-order valence-corrected chi connectivity index (χ2v) is 5.05. The molecule has 0 spiro atoms. The Kier molecular flexibility index (Phi) is 4.08. The Hall–Kier alpha value is -1.34. The number of hydrogen-bond donors (Lipinski definition) is 1. The molecule has 1 N–H and O–H groups in total. The van der Waals surface area contributed by atoms with Crippen molar-refractivity contribution in [2.75, 3.05) is 0 Å². The van der Waals surface area contributed by atoms with Gasteiger partial charge in [0.25, 0.3) is 5.91 Å². The topological polar surface area (TPSA) is 52.9 Å². The smallest absolute Gasteiger partial charge is 0.262 e. The second kappa shape index (κ2) is 5.13. The maximum Gasteiger partial charge on any atom is 0.262 e. The van der Waals surface area contributed by atoms with Gasteiger partial charge in [0.05, 0.1) is 10.9 Å². The molecular formula is C12H16N2OS. The van der Waals surface area contributed by atoms with Crippen molar-refractivity contribution in [2.45, 2.75) is 39.2 Å². The molecule has 0 saturated carbocycles. The van der Waals surface area contributed by atoms with Gasteiger partial charge < -0.3 is 5.32 Å². The Morgan fingerprint density at radius 2 is 2.12 bits per heavy atom. The van der Waals surface area contributed by atoms with Gasteiger partial charge in [-0.2, -0.15) is 5.26 Å². The van der Waals surface area contributed by atoms with Crippen LogP contribution < -0.4 is 5.32 Å². The molecule has 0 fully saturated rings. The zero-order chi connectivity index (χ0) is 12.2. The molecule has 0 unspecified atom stereocenters. The summed E-state index contributed by atoms with van der Waals surface area (Å²) < 4.78 is 0. The quantitative estimate of drug-likeness (QED) is 0.874. The molecule has 1 amide bonds. The molecule has 0 atom stereocenters. The fourth-order valence-corrected chi connectivity index (χ4v) is 2.21. The molecule has 0 aliphatic carbocycles. The van der Waals surface area contributed by atoms with Gasteiger partial charge in [-0.3, -0.25) is 4.79 Å². The summed E-state index contributed by atoms with van der Waals surface area (Å²) in [6.45, 7) is 5.78. The van der Waals surface area contributed by atoms with Crippen LogP contribution in [0.1, 0.15) is 41.2 Å². The number of rotatable bonds is 4. The Labute approximate surface area is 100 Å². The SMILES string of the molecule is CCC(C#N)(CC)NC(=O)c1ccc(C)s1. The standard InChI is InChI=1S/C12H16N2OS/c1-4-12(5-2,8-13)14-11(15)10-7-6-9(3)16-10/h6-7H,4-5H2,1-3H3,(H,14,15). The molecule has 1 aromatic heterocycles. The number of nitrogens with one attached hydrogen (secondary N) is 1. The fourth-order valence-electron chi connectivity index (χ4n) is 1.45. The molecule has 0 bridgehead atoms. The highest BCUT2D eigenvalue weighted by Gasteiger charge is 2.28. The highest BCUT2D eigenvalue weighted by Crippen LogP contribution is 2.18. The molecule has 1 aromatic rings. The third-order valence-corrected chi connectivity index (χ3v) is 3.74.